The molecule has 0 saturated carbocycles. The Morgan fingerprint density at radius 3 is 2.50 bits per heavy atom. The van der Waals surface area contributed by atoms with Crippen LogP contribution < -0.4 is 20.1 Å². The third-order valence-electron chi connectivity index (χ3n) is 4.67. The molecule has 3 aromatic carbocycles. The summed E-state index contributed by atoms with van der Waals surface area (Å²) in [6, 6.07) is 24.0. The third-order valence-corrected chi connectivity index (χ3v) is 4.67. The maximum absolute atomic E-state index is 12.4. The molecule has 0 radical (unpaired) electrons. The van der Waals surface area contributed by atoms with Crippen molar-refractivity contribution in [2.75, 3.05) is 17.2 Å². The summed E-state index contributed by atoms with van der Waals surface area (Å²) in [5, 5.41) is 5.70. The number of nitrogens with one attached hydrogen (secondary N) is 2. The van der Waals surface area contributed by atoms with E-state index in [2.05, 4.69) is 10.6 Å². The Morgan fingerprint density at radius 2 is 1.73 bits per heavy atom. The summed E-state index contributed by atoms with van der Waals surface area (Å²) in [5.41, 5.74) is 1.93. The van der Waals surface area contributed by atoms with Crippen molar-refractivity contribution >= 4 is 23.2 Å². The second kappa shape index (κ2) is 9.13. The van der Waals surface area contributed by atoms with Crippen LogP contribution in [-0.4, -0.2) is 18.4 Å². The van der Waals surface area contributed by atoms with Gasteiger partial charge in [-0.05, 0) is 36.8 Å². The van der Waals surface area contributed by atoms with Crippen molar-refractivity contribution in [2.24, 2.45) is 0 Å². The van der Waals surface area contributed by atoms with E-state index in [-0.39, 0.29) is 11.8 Å². The van der Waals surface area contributed by atoms with Crippen LogP contribution in [0.4, 0.5) is 11.4 Å². The van der Waals surface area contributed by atoms with Crippen LogP contribution in [0.25, 0.3) is 0 Å². The van der Waals surface area contributed by atoms with Crippen molar-refractivity contribution in [3.63, 3.8) is 0 Å². The van der Waals surface area contributed by atoms with Gasteiger partial charge < -0.3 is 20.1 Å². The van der Waals surface area contributed by atoms with Crippen molar-refractivity contribution in [3.05, 3.63) is 84.4 Å². The number of benzene rings is 3. The van der Waals surface area contributed by atoms with Crippen molar-refractivity contribution < 1.29 is 19.1 Å². The van der Waals surface area contributed by atoms with Gasteiger partial charge in [0.15, 0.2) is 0 Å². The summed E-state index contributed by atoms with van der Waals surface area (Å²) < 4.78 is 11.5. The van der Waals surface area contributed by atoms with Gasteiger partial charge in [-0.1, -0.05) is 48.5 Å². The SMILES string of the molecule is O=C(CCCOc1ccccc1)Nc1ccc2c(c1)NC(=O)C(c1ccccc1)O2. The largest absolute Gasteiger partial charge is 0.494 e. The Hall–Kier alpha value is -3.80. The molecule has 0 aromatic heterocycles. The molecule has 0 aliphatic carbocycles. The molecule has 0 fully saturated rings. The first-order chi connectivity index (χ1) is 14.7. The molecular weight excluding hydrogens is 380 g/mol. The fourth-order valence-corrected chi connectivity index (χ4v) is 3.20. The van der Waals surface area contributed by atoms with E-state index in [1.165, 1.54) is 0 Å². The van der Waals surface area contributed by atoms with E-state index >= 15 is 0 Å². The van der Waals surface area contributed by atoms with E-state index in [0.29, 0.717) is 36.6 Å². The highest BCUT2D eigenvalue weighted by Crippen LogP contribution is 2.36. The first-order valence-electron chi connectivity index (χ1n) is 9.83. The van der Waals surface area contributed by atoms with Crippen LogP contribution in [0.3, 0.4) is 0 Å². The van der Waals surface area contributed by atoms with E-state index in [9.17, 15) is 9.59 Å². The Bertz CT molecular complexity index is 1020. The fraction of sp³-hybridized carbons (Fsp3) is 0.167. The van der Waals surface area contributed by atoms with Gasteiger partial charge in [-0.15, -0.1) is 0 Å². The lowest BCUT2D eigenvalue weighted by Gasteiger charge is -2.26. The highest BCUT2D eigenvalue weighted by molar-refractivity contribution is 5.99. The highest BCUT2D eigenvalue weighted by Gasteiger charge is 2.29. The van der Waals surface area contributed by atoms with E-state index in [1.807, 2.05) is 60.7 Å². The summed E-state index contributed by atoms with van der Waals surface area (Å²) in [6.45, 7) is 0.465. The van der Waals surface area contributed by atoms with Crippen molar-refractivity contribution in [3.8, 4) is 11.5 Å². The van der Waals surface area contributed by atoms with Crippen LogP contribution >= 0.6 is 0 Å². The molecule has 1 aliphatic rings. The van der Waals surface area contributed by atoms with Gasteiger partial charge in [-0.2, -0.15) is 0 Å². The van der Waals surface area contributed by atoms with Crippen LogP contribution in [0, 0.1) is 0 Å². The maximum Gasteiger partial charge on any atom is 0.270 e. The molecule has 0 spiro atoms. The van der Waals surface area contributed by atoms with Crippen LogP contribution in [-0.2, 0) is 9.59 Å². The molecule has 0 bridgehead atoms. The van der Waals surface area contributed by atoms with Crippen LogP contribution in [0.1, 0.15) is 24.5 Å². The number of amides is 2. The van der Waals surface area contributed by atoms with Gasteiger partial charge in [0, 0.05) is 17.7 Å². The number of rotatable bonds is 7. The van der Waals surface area contributed by atoms with Gasteiger partial charge in [0.25, 0.3) is 5.91 Å². The number of carbonyl (C=O) groups is 2. The first-order valence-corrected chi connectivity index (χ1v) is 9.83. The van der Waals surface area contributed by atoms with Crippen molar-refractivity contribution in [1.29, 1.82) is 0 Å². The zero-order chi connectivity index (χ0) is 20.8. The first kappa shape index (κ1) is 19.5. The lowest BCUT2D eigenvalue weighted by atomic mass is 10.1. The number of para-hydroxylation sites is 1. The zero-order valence-corrected chi connectivity index (χ0v) is 16.3. The van der Waals surface area contributed by atoms with Gasteiger partial charge in [0.1, 0.15) is 11.5 Å². The predicted octanol–water partition coefficient (Wildman–Crippen LogP) is 4.56. The quantitative estimate of drug-likeness (QED) is 0.568. The summed E-state index contributed by atoms with van der Waals surface area (Å²) in [6.07, 6.45) is 0.247. The Balaban J connectivity index is 1.30. The molecule has 3 aromatic rings. The Morgan fingerprint density at radius 1 is 1.00 bits per heavy atom. The Kier molecular flexibility index (Phi) is 5.94. The van der Waals surface area contributed by atoms with Crippen LogP contribution in [0.5, 0.6) is 11.5 Å². The number of hydrogen-bond acceptors (Lipinski definition) is 4. The van der Waals surface area contributed by atoms with Gasteiger partial charge in [0.05, 0.1) is 12.3 Å². The Labute approximate surface area is 174 Å². The molecule has 6 heteroatoms. The minimum atomic E-state index is -0.691. The summed E-state index contributed by atoms with van der Waals surface area (Å²) >= 11 is 0. The number of hydrogen-bond donors (Lipinski definition) is 2. The molecule has 1 unspecified atom stereocenters. The topological polar surface area (TPSA) is 76.7 Å². The normalized spacial score (nSPS) is 14.8. The lowest BCUT2D eigenvalue weighted by molar-refractivity contribution is -0.123. The molecule has 1 aliphatic heterocycles. The predicted molar refractivity (Wildman–Crippen MR) is 115 cm³/mol. The molecule has 1 atom stereocenters. The summed E-state index contributed by atoms with van der Waals surface area (Å²) in [5.74, 6) is 1.00. The number of ether oxygens (including phenoxy) is 2. The van der Waals surface area contributed by atoms with Gasteiger partial charge in [0.2, 0.25) is 12.0 Å². The molecule has 30 heavy (non-hydrogen) atoms. The number of carbonyl (C=O) groups excluding carboxylic acids is 2. The standard InChI is InChI=1S/C24H22N2O4/c27-22(12-7-15-29-19-10-5-2-6-11-19)25-18-13-14-21-20(16-18)26-24(28)23(30-21)17-8-3-1-4-9-17/h1-6,8-11,13-14,16,23H,7,12,15H2,(H,25,27)(H,26,28). The smallest absolute Gasteiger partial charge is 0.270 e. The zero-order valence-electron chi connectivity index (χ0n) is 16.3. The average Bonchev–Trinajstić information content (AvgIpc) is 2.77. The van der Waals surface area contributed by atoms with Crippen molar-refractivity contribution in [2.45, 2.75) is 18.9 Å². The van der Waals surface area contributed by atoms with Crippen LogP contribution in [0.15, 0.2) is 78.9 Å². The minimum absolute atomic E-state index is 0.114. The molecule has 2 N–H and O–H groups in total. The number of fused-ring (bicyclic) bond motifs is 1. The fourth-order valence-electron chi connectivity index (χ4n) is 3.20. The number of anilines is 2. The van der Waals surface area contributed by atoms with E-state index < -0.39 is 6.10 Å². The molecule has 6 nitrogen and oxygen atoms in total. The maximum atomic E-state index is 12.4. The van der Waals surface area contributed by atoms with Crippen LogP contribution in [0.2, 0.25) is 0 Å². The minimum Gasteiger partial charge on any atom is -0.494 e. The second-order valence-corrected chi connectivity index (χ2v) is 6.92. The summed E-state index contributed by atoms with van der Waals surface area (Å²) in [7, 11) is 0. The third kappa shape index (κ3) is 4.78. The molecule has 0 saturated heterocycles. The molecule has 4 rings (SSSR count). The monoisotopic (exact) mass is 402 g/mol. The van der Waals surface area contributed by atoms with E-state index in [0.717, 1.165) is 11.3 Å². The van der Waals surface area contributed by atoms with E-state index in [1.54, 1.807) is 18.2 Å². The summed E-state index contributed by atoms with van der Waals surface area (Å²) in [4.78, 5) is 24.7. The lowest BCUT2D eigenvalue weighted by Crippen LogP contribution is -2.30. The van der Waals surface area contributed by atoms with Crippen molar-refractivity contribution in [1.82, 2.24) is 0 Å². The van der Waals surface area contributed by atoms with Gasteiger partial charge in [-0.3, -0.25) is 9.59 Å². The average molecular weight is 402 g/mol. The van der Waals surface area contributed by atoms with E-state index in [4.69, 9.17) is 9.47 Å². The van der Waals surface area contributed by atoms with Gasteiger partial charge >= 0.3 is 0 Å². The van der Waals surface area contributed by atoms with Gasteiger partial charge in [-0.25, -0.2) is 0 Å². The molecular formula is C24H22N2O4. The molecule has 1 heterocycles. The molecule has 2 amide bonds. The molecule has 152 valence electrons. The highest BCUT2D eigenvalue weighted by atomic mass is 16.5. The second-order valence-electron chi connectivity index (χ2n) is 6.92.